The highest BCUT2D eigenvalue weighted by Gasteiger charge is 2.54. The van der Waals surface area contributed by atoms with Crippen molar-refractivity contribution in [1.29, 1.82) is 0 Å². The number of aromatic hydroxyl groups is 1. The molecule has 4 atom stereocenters. The van der Waals surface area contributed by atoms with Crippen molar-refractivity contribution in [1.82, 2.24) is 4.90 Å². The maximum Gasteiger partial charge on any atom is 0.303 e. The number of fused-ring (bicyclic) bond motifs is 1. The lowest BCUT2D eigenvalue weighted by molar-refractivity contribution is -0.141. The maximum absolute atomic E-state index is 13.4. The van der Waals surface area contributed by atoms with Gasteiger partial charge in [-0.1, -0.05) is 31.4 Å². The highest BCUT2D eigenvalue weighted by atomic mass is 16.4. The number of likely N-dealkylation sites (tertiary alicyclic amines) is 1. The second-order valence-corrected chi connectivity index (χ2v) is 11.5. The molecule has 0 radical (unpaired) electrons. The smallest absolute Gasteiger partial charge is 0.303 e. The van der Waals surface area contributed by atoms with E-state index < -0.39 is 36.4 Å². The van der Waals surface area contributed by atoms with Crippen molar-refractivity contribution in [2.75, 3.05) is 19.8 Å². The number of unbranched alkanes of at least 4 members (excludes halogenated alkanes) is 2. The average Bonchev–Trinajstić information content (AvgIpc) is 3.17. The number of carbonyl (C=O) groups excluding carboxylic acids is 2. The Labute approximate surface area is 242 Å². The minimum Gasteiger partial charge on any atom is -0.507 e. The van der Waals surface area contributed by atoms with Gasteiger partial charge in [-0.25, -0.2) is 0 Å². The summed E-state index contributed by atoms with van der Waals surface area (Å²) in [6.45, 7) is 5.18. The normalized spacial score (nSPS) is 22.0. The number of nitrogens with zero attached hydrogens (tertiary/aromatic N) is 1. The summed E-state index contributed by atoms with van der Waals surface area (Å²) in [7, 11) is 0. The van der Waals surface area contributed by atoms with Gasteiger partial charge in [-0.2, -0.15) is 0 Å². The molecule has 2 aliphatic rings. The van der Waals surface area contributed by atoms with Crippen LogP contribution in [0.3, 0.4) is 0 Å². The first-order valence-electron chi connectivity index (χ1n) is 14.7. The molecule has 0 unspecified atom stereocenters. The fourth-order valence-corrected chi connectivity index (χ4v) is 6.49. The van der Waals surface area contributed by atoms with Gasteiger partial charge >= 0.3 is 5.97 Å². The first kappa shape index (κ1) is 32.5. The quantitative estimate of drug-likeness (QED) is 0.121. The van der Waals surface area contributed by atoms with E-state index >= 15 is 0 Å². The first-order valence-corrected chi connectivity index (χ1v) is 14.7. The number of aliphatic hydroxyl groups excluding tert-OH is 3. The molecule has 9 nitrogen and oxygen atoms in total. The van der Waals surface area contributed by atoms with Crippen molar-refractivity contribution in [3.05, 3.63) is 45.5 Å². The number of carbonyl (C=O) groups is 3. The van der Waals surface area contributed by atoms with Crippen LogP contribution in [0.25, 0.3) is 6.08 Å². The standard InChI is InChI=1S/C32H45NO8/c1-4-8-21(15-22-13-19(2)30(39)20(3)14-22)10-11-26(36)28-23(17-34)16-24-29(25(28)18-35)32(41)33(31(24)40)12-7-5-6-9-27(37)38/h13-15,24-26,29,34-36,39H,4-12,16-18H2,1-3H3,(H,37,38)/b21-15+/t24-,25+,26-,29-/m1/s1. The Bertz CT molecular complexity index is 1160. The second kappa shape index (κ2) is 14.8. The zero-order valence-corrected chi connectivity index (χ0v) is 24.4. The van der Waals surface area contributed by atoms with Gasteiger partial charge in [0.15, 0.2) is 0 Å². The van der Waals surface area contributed by atoms with E-state index in [0.29, 0.717) is 43.3 Å². The molecule has 1 saturated heterocycles. The second-order valence-electron chi connectivity index (χ2n) is 11.5. The van der Waals surface area contributed by atoms with E-state index in [1.807, 2.05) is 26.0 Å². The summed E-state index contributed by atoms with van der Waals surface area (Å²) in [5, 5.41) is 50.9. The van der Waals surface area contributed by atoms with Crippen LogP contribution in [0.15, 0.2) is 28.9 Å². The molecule has 1 heterocycles. The van der Waals surface area contributed by atoms with Crippen LogP contribution in [0.1, 0.15) is 81.4 Å². The van der Waals surface area contributed by atoms with Gasteiger partial charge in [0.1, 0.15) is 5.75 Å². The number of phenols is 1. The van der Waals surface area contributed by atoms with Crippen LogP contribution >= 0.6 is 0 Å². The number of phenolic OH excluding ortho intramolecular Hbond substituents is 1. The summed E-state index contributed by atoms with van der Waals surface area (Å²) in [4.78, 5) is 38.5. The van der Waals surface area contributed by atoms with E-state index in [9.17, 15) is 34.8 Å². The molecule has 1 aliphatic heterocycles. The number of benzene rings is 1. The number of rotatable bonds is 15. The predicted molar refractivity (Wildman–Crippen MR) is 155 cm³/mol. The van der Waals surface area contributed by atoms with E-state index in [0.717, 1.165) is 35.1 Å². The lowest BCUT2D eigenvalue weighted by atomic mass is 9.68. The first-order chi connectivity index (χ1) is 19.5. The summed E-state index contributed by atoms with van der Waals surface area (Å²) in [5.41, 5.74) is 4.64. The largest absolute Gasteiger partial charge is 0.507 e. The summed E-state index contributed by atoms with van der Waals surface area (Å²) in [5.74, 6) is -3.55. The van der Waals surface area contributed by atoms with Crippen LogP contribution in [-0.2, 0) is 14.4 Å². The molecule has 1 aliphatic carbocycles. The van der Waals surface area contributed by atoms with Crippen molar-refractivity contribution in [2.24, 2.45) is 17.8 Å². The number of aliphatic hydroxyl groups is 3. The maximum atomic E-state index is 13.4. The number of allylic oxidation sites excluding steroid dienone is 1. The Morgan fingerprint density at radius 2 is 1.73 bits per heavy atom. The Kier molecular flexibility index (Phi) is 11.7. The van der Waals surface area contributed by atoms with Crippen molar-refractivity contribution in [3.8, 4) is 5.75 Å². The van der Waals surface area contributed by atoms with Gasteiger partial charge in [-0.3, -0.25) is 19.3 Å². The Morgan fingerprint density at radius 1 is 1.05 bits per heavy atom. The Balaban J connectivity index is 1.76. The molecule has 0 aromatic heterocycles. The minimum absolute atomic E-state index is 0.0359. The number of imide groups is 1. The number of hydrogen-bond acceptors (Lipinski definition) is 7. The number of aryl methyl sites for hydroxylation is 2. The van der Waals surface area contributed by atoms with Crippen molar-refractivity contribution in [3.63, 3.8) is 0 Å². The van der Waals surface area contributed by atoms with E-state index in [2.05, 4.69) is 13.0 Å². The zero-order valence-electron chi connectivity index (χ0n) is 24.4. The molecule has 0 spiro atoms. The molecule has 0 bridgehead atoms. The molecule has 226 valence electrons. The molecule has 0 saturated carbocycles. The van der Waals surface area contributed by atoms with Crippen molar-refractivity contribution >= 4 is 23.9 Å². The topological polar surface area (TPSA) is 156 Å². The Hall–Kier alpha value is -3.01. The van der Waals surface area contributed by atoms with Crippen LogP contribution in [0.4, 0.5) is 0 Å². The summed E-state index contributed by atoms with van der Waals surface area (Å²) < 4.78 is 0. The minimum atomic E-state index is -0.994. The fraction of sp³-hybridized carbons (Fsp3) is 0.594. The van der Waals surface area contributed by atoms with Crippen LogP contribution in [-0.4, -0.2) is 74.1 Å². The molecule has 5 N–H and O–H groups in total. The SMILES string of the molecule is CCC/C(=C\c1cc(C)c(O)c(C)c1)CC[C@@H](O)C1=C(CO)C[C@H]2C(=O)N(CCCCCC(=O)O)C(=O)[C@H]2[C@H]1CO. The molecule has 1 aromatic carbocycles. The molecule has 3 rings (SSSR count). The van der Waals surface area contributed by atoms with E-state index in [1.54, 1.807) is 0 Å². The number of hydrogen-bond donors (Lipinski definition) is 5. The third-order valence-corrected chi connectivity index (χ3v) is 8.49. The van der Waals surface area contributed by atoms with Crippen LogP contribution in [0.2, 0.25) is 0 Å². The van der Waals surface area contributed by atoms with E-state index in [4.69, 9.17) is 5.11 Å². The highest BCUT2D eigenvalue weighted by molar-refractivity contribution is 6.05. The third-order valence-electron chi connectivity index (χ3n) is 8.49. The number of amides is 2. The van der Waals surface area contributed by atoms with Gasteiger partial charge in [0, 0.05) is 18.9 Å². The lowest BCUT2D eigenvalue weighted by Crippen LogP contribution is -2.39. The third kappa shape index (κ3) is 7.64. The zero-order chi connectivity index (χ0) is 30.3. The average molecular weight is 572 g/mol. The van der Waals surface area contributed by atoms with Crippen LogP contribution in [0.5, 0.6) is 5.75 Å². The molecular formula is C32H45NO8. The predicted octanol–water partition coefficient (Wildman–Crippen LogP) is 3.88. The van der Waals surface area contributed by atoms with Gasteiger partial charge in [0.05, 0.1) is 31.2 Å². The molecule has 41 heavy (non-hydrogen) atoms. The summed E-state index contributed by atoms with van der Waals surface area (Å²) in [6, 6.07) is 3.84. The van der Waals surface area contributed by atoms with Gasteiger partial charge < -0.3 is 25.5 Å². The lowest BCUT2D eigenvalue weighted by Gasteiger charge is -2.36. The molecular weight excluding hydrogens is 526 g/mol. The van der Waals surface area contributed by atoms with Crippen LogP contribution < -0.4 is 0 Å². The summed E-state index contributed by atoms with van der Waals surface area (Å²) >= 11 is 0. The highest BCUT2D eigenvalue weighted by Crippen LogP contribution is 2.46. The van der Waals surface area contributed by atoms with Crippen LogP contribution in [0, 0.1) is 31.6 Å². The number of carboxylic acid groups (broad SMARTS) is 1. The summed E-state index contributed by atoms with van der Waals surface area (Å²) in [6.07, 6.45) is 5.44. The van der Waals surface area contributed by atoms with Gasteiger partial charge in [0.25, 0.3) is 0 Å². The number of aliphatic carboxylic acids is 1. The monoisotopic (exact) mass is 571 g/mol. The van der Waals surface area contributed by atoms with Crippen molar-refractivity contribution < 1.29 is 39.9 Å². The van der Waals surface area contributed by atoms with E-state index in [1.165, 1.54) is 4.90 Å². The van der Waals surface area contributed by atoms with Gasteiger partial charge in [-0.15, -0.1) is 0 Å². The molecule has 1 fully saturated rings. The van der Waals surface area contributed by atoms with Crippen molar-refractivity contribution in [2.45, 2.75) is 84.7 Å². The van der Waals surface area contributed by atoms with Gasteiger partial charge in [0.2, 0.25) is 11.8 Å². The fourth-order valence-electron chi connectivity index (χ4n) is 6.49. The molecule has 2 amide bonds. The molecule has 9 heteroatoms. The van der Waals surface area contributed by atoms with Gasteiger partial charge in [-0.05, 0) is 92.3 Å². The molecule has 1 aromatic rings. The number of carboxylic acids is 1. The van der Waals surface area contributed by atoms with E-state index in [-0.39, 0.29) is 43.6 Å². The Morgan fingerprint density at radius 3 is 2.32 bits per heavy atom.